The average molecular weight is 245 g/mol. The SMILES string of the molecule is CS.N=Cc1cccc(-c2ccccc2)c1O. The molecule has 2 aromatic rings. The lowest BCUT2D eigenvalue weighted by Gasteiger charge is -2.06. The summed E-state index contributed by atoms with van der Waals surface area (Å²) in [5, 5.41) is 17.0. The fourth-order valence-electron chi connectivity index (χ4n) is 1.53. The summed E-state index contributed by atoms with van der Waals surface area (Å²) >= 11 is 3.53. The first kappa shape index (κ1) is 13.3. The van der Waals surface area contributed by atoms with Crippen LogP contribution in [-0.4, -0.2) is 17.6 Å². The van der Waals surface area contributed by atoms with Crippen LogP contribution in [0.2, 0.25) is 0 Å². The molecule has 0 aliphatic rings. The van der Waals surface area contributed by atoms with Crippen LogP contribution in [0.1, 0.15) is 5.56 Å². The van der Waals surface area contributed by atoms with E-state index < -0.39 is 0 Å². The largest absolute Gasteiger partial charge is 0.507 e. The van der Waals surface area contributed by atoms with Crippen molar-refractivity contribution in [3.63, 3.8) is 0 Å². The van der Waals surface area contributed by atoms with Gasteiger partial charge in [0.2, 0.25) is 0 Å². The van der Waals surface area contributed by atoms with Gasteiger partial charge in [-0.05, 0) is 17.9 Å². The Morgan fingerprint density at radius 3 is 2.24 bits per heavy atom. The van der Waals surface area contributed by atoms with Crippen molar-refractivity contribution >= 4 is 18.8 Å². The van der Waals surface area contributed by atoms with Crippen LogP contribution in [0.15, 0.2) is 48.5 Å². The van der Waals surface area contributed by atoms with Crippen LogP contribution in [0, 0.1) is 5.41 Å². The van der Waals surface area contributed by atoms with Crippen molar-refractivity contribution < 1.29 is 5.11 Å². The number of benzene rings is 2. The third-order valence-corrected chi connectivity index (χ3v) is 2.31. The van der Waals surface area contributed by atoms with E-state index in [1.807, 2.05) is 42.5 Å². The summed E-state index contributed by atoms with van der Waals surface area (Å²) in [7, 11) is 0. The maximum absolute atomic E-state index is 9.89. The normalized spacial score (nSPS) is 9.06. The summed E-state index contributed by atoms with van der Waals surface area (Å²) < 4.78 is 0. The van der Waals surface area contributed by atoms with Gasteiger partial charge in [0.05, 0.1) is 0 Å². The summed E-state index contributed by atoms with van der Waals surface area (Å²) in [6.45, 7) is 0. The van der Waals surface area contributed by atoms with Crippen molar-refractivity contribution in [3.05, 3.63) is 54.1 Å². The molecule has 0 fully saturated rings. The quantitative estimate of drug-likeness (QED) is 0.549. The molecule has 2 N–H and O–H groups in total. The number of hydrogen-bond donors (Lipinski definition) is 3. The van der Waals surface area contributed by atoms with Crippen LogP contribution in [0.3, 0.4) is 0 Å². The second-order valence-corrected chi connectivity index (χ2v) is 3.25. The molecule has 0 radical (unpaired) electrons. The smallest absolute Gasteiger partial charge is 0.132 e. The molecular weight excluding hydrogens is 230 g/mol. The lowest BCUT2D eigenvalue weighted by molar-refractivity contribution is 0.476. The maximum Gasteiger partial charge on any atom is 0.132 e. The van der Waals surface area contributed by atoms with E-state index in [1.165, 1.54) is 0 Å². The lowest BCUT2D eigenvalue weighted by atomic mass is 10.0. The first-order chi connectivity index (χ1) is 8.33. The number of phenols is 1. The van der Waals surface area contributed by atoms with Crippen molar-refractivity contribution in [2.75, 3.05) is 6.26 Å². The number of aromatic hydroxyl groups is 1. The molecule has 0 amide bonds. The van der Waals surface area contributed by atoms with Gasteiger partial charge in [-0.2, -0.15) is 12.6 Å². The van der Waals surface area contributed by atoms with E-state index in [0.717, 1.165) is 17.3 Å². The van der Waals surface area contributed by atoms with Crippen LogP contribution in [0.4, 0.5) is 0 Å². The van der Waals surface area contributed by atoms with Gasteiger partial charge in [-0.25, -0.2) is 0 Å². The minimum absolute atomic E-state index is 0.165. The second-order valence-electron chi connectivity index (χ2n) is 3.25. The summed E-state index contributed by atoms with van der Waals surface area (Å²) in [5.41, 5.74) is 2.26. The second kappa shape index (κ2) is 6.76. The van der Waals surface area contributed by atoms with Gasteiger partial charge in [0, 0.05) is 17.3 Å². The Bertz CT molecular complexity index is 483. The molecule has 2 nitrogen and oxygen atoms in total. The lowest BCUT2D eigenvalue weighted by Crippen LogP contribution is -1.85. The number of phenolic OH excluding ortho intramolecular Hbond substituents is 1. The third kappa shape index (κ3) is 3.11. The highest BCUT2D eigenvalue weighted by atomic mass is 32.1. The molecule has 0 aromatic heterocycles. The molecule has 2 aromatic carbocycles. The summed E-state index contributed by atoms with van der Waals surface area (Å²) in [4.78, 5) is 0. The van der Waals surface area contributed by atoms with Crippen LogP contribution in [0.25, 0.3) is 11.1 Å². The van der Waals surface area contributed by atoms with Crippen LogP contribution < -0.4 is 0 Å². The van der Waals surface area contributed by atoms with Crippen molar-refractivity contribution in [3.8, 4) is 16.9 Å². The standard InChI is InChI=1S/C13H11NO.CH4S/c14-9-11-7-4-8-12(13(11)15)10-5-2-1-3-6-10;1-2/h1-9,14-15H;2H,1H3. The first-order valence-corrected chi connectivity index (χ1v) is 6.05. The van der Waals surface area contributed by atoms with Gasteiger partial charge in [0.1, 0.15) is 5.75 Å². The topological polar surface area (TPSA) is 44.1 Å². The zero-order valence-electron chi connectivity index (χ0n) is 9.59. The minimum atomic E-state index is 0.165. The van der Waals surface area contributed by atoms with Gasteiger partial charge in [0.15, 0.2) is 0 Å². The van der Waals surface area contributed by atoms with Crippen molar-refractivity contribution in [1.29, 1.82) is 5.41 Å². The predicted molar refractivity (Wildman–Crippen MR) is 76.3 cm³/mol. The Hall–Kier alpha value is -1.74. The average Bonchev–Trinajstić information content (AvgIpc) is 2.42. The van der Waals surface area contributed by atoms with Gasteiger partial charge in [-0.15, -0.1) is 0 Å². The monoisotopic (exact) mass is 245 g/mol. The van der Waals surface area contributed by atoms with Crippen LogP contribution in [-0.2, 0) is 0 Å². The molecule has 0 heterocycles. The summed E-state index contributed by atoms with van der Waals surface area (Å²) in [5.74, 6) is 0.165. The number of hydrogen-bond acceptors (Lipinski definition) is 3. The Morgan fingerprint density at radius 2 is 1.65 bits per heavy atom. The molecule has 0 unspecified atom stereocenters. The zero-order valence-corrected chi connectivity index (χ0v) is 10.5. The van der Waals surface area contributed by atoms with Crippen molar-refractivity contribution in [2.45, 2.75) is 0 Å². The highest BCUT2D eigenvalue weighted by molar-refractivity contribution is 7.79. The molecule has 0 aliphatic heterocycles. The minimum Gasteiger partial charge on any atom is -0.507 e. The third-order valence-electron chi connectivity index (χ3n) is 2.31. The Morgan fingerprint density at radius 1 is 1.00 bits per heavy atom. The zero-order chi connectivity index (χ0) is 12.7. The van der Waals surface area contributed by atoms with Gasteiger partial charge < -0.3 is 10.5 Å². The number of nitrogens with one attached hydrogen (secondary N) is 1. The first-order valence-electron chi connectivity index (χ1n) is 5.15. The Kier molecular flexibility index (Phi) is 5.30. The fourth-order valence-corrected chi connectivity index (χ4v) is 1.53. The molecular formula is C14H15NOS. The van der Waals surface area contributed by atoms with E-state index in [0.29, 0.717) is 5.56 Å². The van der Waals surface area contributed by atoms with Gasteiger partial charge >= 0.3 is 0 Å². The Balaban J connectivity index is 0.000000686. The van der Waals surface area contributed by atoms with Crippen molar-refractivity contribution in [2.24, 2.45) is 0 Å². The summed E-state index contributed by atoms with van der Waals surface area (Å²) in [6, 6.07) is 15.0. The number of para-hydroxylation sites is 1. The number of rotatable bonds is 2. The van der Waals surface area contributed by atoms with E-state index in [4.69, 9.17) is 5.41 Å². The fraction of sp³-hybridized carbons (Fsp3) is 0.0714. The van der Waals surface area contributed by atoms with E-state index in [2.05, 4.69) is 12.6 Å². The maximum atomic E-state index is 9.89. The highest BCUT2D eigenvalue weighted by Crippen LogP contribution is 2.30. The Labute approximate surface area is 107 Å². The van der Waals surface area contributed by atoms with Crippen LogP contribution in [0.5, 0.6) is 5.75 Å². The van der Waals surface area contributed by atoms with Crippen molar-refractivity contribution in [1.82, 2.24) is 0 Å². The van der Waals surface area contributed by atoms with Gasteiger partial charge in [-0.3, -0.25) is 0 Å². The molecule has 0 spiro atoms. The van der Waals surface area contributed by atoms with E-state index in [1.54, 1.807) is 12.3 Å². The van der Waals surface area contributed by atoms with E-state index >= 15 is 0 Å². The molecule has 88 valence electrons. The molecule has 0 saturated heterocycles. The molecule has 17 heavy (non-hydrogen) atoms. The molecule has 3 heteroatoms. The van der Waals surface area contributed by atoms with E-state index in [-0.39, 0.29) is 5.75 Å². The molecule has 0 aliphatic carbocycles. The molecule has 0 atom stereocenters. The molecule has 2 rings (SSSR count). The van der Waals surface area contributed by atoms with Gasteiger partial charge in [-0.1, -0.05) is 42.5 Å². The molecule has 0 saturated carbocycles. The summed E-state index contributed by atoms with van der Waals surface area (Å²) in [6.07, 6.45) is 2.85. The van der Waals surface area contributed by atoms with Gasteiger partial charge in [0.25, 0.3) is 0 Å². The van der Waals surface area contributed by atoms with Crippen LogP contribution >= 0.6 is 12.6 Å². The van der Waals surface area contributed by atoms with E-state index in [9.17, 15) is 5.11 Å². The predicted octanol–water partition coefficient (Wildman–Crippen LogP) is 3.60. The number of thiol groups is 1. The molecule has 0 bridgehead atoms. The highest BCUT2D eigenvalue weighted by Gasteiger charge is 2.06.